The molecule has 0 bridgehead atoms. The second-order valence-electron chi connectivity index (χ2n) is 14.4. The van der Waals surface area contributed by atoms with E-state index in [1.165, 1.54) is 77.0 Å². The van der Waals surface area contributed by atoms with Gasteiger partial charge in [-0.1, -0.05) is 156 Å². The Morgan fingerprint density at radius 3 is 1.48 bits per heavy atom. The molecule has 1 heterocycles. The number of nitrogens with zero attached hydrogens (tertiary/aromatic N) is 3. The van der Waals surface area contributed by atoms with Crippen LogP contribution in [0, 0.1) is 0 Å². The number of anilines is 1. The van der Waals surface area contributed by atoms with E-state index in [1.807, 2.05) is 0 Å². The number of nitrogens with one attached hydrogen (secondary N) is 1. The van der Waals surface area contributed by atoms with E-state index in [2.05, 4.69) is 79.8 Å². The molecular formula is C37H64N4OS2. The lowest BCUT2D eigenvalue weighted by atomic mass is 9.79. The molecule has 2 rings (SSSR count). The Bertz CT molecular complexity index is 1020. The van der Waals surface area contributed by atoms with Crippen LogP contribution in [0.3, 0.4) is 0 Å². The number of hydrogen-bond acceptors (Lipinski definition) is 7. The van der Waals surface area contributed by atoms with Gasteiger partial charge in [0.25, 0.3) is 0 Å². The maximum Gasteiger partial charge on any atom is 0.191 e. The molecule has 0 aliphatic heterocycles. The number of benzene rings is 1. The molecule has 0 fully saturated rings. The third-order valence-electron chi connectivity index (χ3n) is 8.03. The standard InChI is InChI=1S/C37H64N4OS2/c1-10-13-15-17-19-21-24-43-34-39-33(40-35(41-34)44-25-22-20-18-16-14-11-2)31(23-12-3)38-28-26-29(36(4,5)6)32(42)30(27-28)37(7,8)9/h26-27,31,38,42H,10-25H2,1-9H3. The number of aromatic nitrogens is 3. The topological polar surface area (TPSA) is 70.9 Å². The summed E-state index contributed by atoms with van der Waals surface area (Å²) in [6.45, 7) is 19.7. The summed E-state index contributed by atoms with van der Waals surface area (Å²) in [6.07, 6.45) is 17.4. The molecule has 1 unspecified atom stereocenters. The van der Waals surface area contributed by atoms with Crippen molar-refractivity contribution in [2.24, 2.45) is 0 Å². The predicted molar refractivity (Wildman–Crippen MR) is 195 cm³/mol. The molecule has 0 aliphatic carbocycles. The van der Waals surface area contributed by atoms with Crippen molar-refractivity contribution in [3.05, 3.63) is 29.1 Å². The Morgan fingerprint density at radius 1 is 0.636 bits per heavy atom. The molecule has 0 aliphatic rings. The van der Waals surface area contributed by atoms with Crippen molar-refractivity contribution in [3.63, 3.8) is 0 Å². The van der Waals surface area contributed by atoms with Crippen LogP contribution in [0.1, 0.15) is 175 Å². The number of rotatable bonds is 21. The van der Waals surface area contributed by atoms with Gasteiger partial charge in [-0.25, -0.2) is 9.97 Å². The normalized spacial score (nSPS) is 12.9. The first-order valence-electron chi connectivity index (χ1n) is 17.6. The van der Waals surface area contributed by atoms with Gasteiger partial charge in [0.2, 0.25) is 0 Å². The van der Waals surface area contributed by atoms with Crippen molar-refractivity contribution in [1.82, 2.24) is 15.0 Å². The molecule has 0 amide bonds. The van der Waals surface area contributed by atoms with Crippen LogP contribution in [0.2, 0.25) is 0 Å². The van der Waals surface area contributed by atoms with E-state index < -0.39 is 0 Å². The first-order valence-corrected chi connectivity index (χ1v) is 19.5. The Balaban J connectivity index is 2.32. The summed E-state index contributed by atoms with van der Waals surface area (Å²) in [6, 6.07) is 4.21. The maximum absolute atomic E-state index is 11.3. The largest absolute Gasteiger partial charge is 0.507 e. The minimum Gasteiger partial charge on any atom is -0.507 e. The van der Waals surface area contributed by atoms with Crippen molar-refractivity contribution >= 4 is 29.2 Å². The van der Waals surface area contributed by atoms with Gasteiger partial charge in [-0.05, 0) is 42.2 Å². The average Bonchev–Trinajstić information content (AvgIpc) is 2.95. The SMILES string of the molecule is CCCCCCCCSc1nc(SCCCCCCCC)nc(C(CCC)Nc2cc(C(C)(C)C)c(O)c(C(C)(C)C)c2)n1. The second kappa shape index (κ2) is 19.9. The van der Waals surface area contributed by atoms with Gasteiger partial charge in [0.15, 0.2) is 16.1 Å². The fourth-order valence-corrected chi connectivity index (χ4v) is 7.08. The summed E-state index contributed by atoms with van der Waals surface area (Å²) in [4.78, 5) is 15.0. The van der Waals surface area contributed by atoms with Crippen LogP contribution in [-0.4, -0.2) is 31.6 Å². The van der Waals surface area contributed by atoms with Crippen LogP contribution >= 0.6 is 23.5 Å². The monoisotopic (exact) mass is 644 g/mol. The Hall–Kier alpha value is -1.47. The van der Waals surface area contributed by atoms with Gasteiger partial charge < -0.3 is 10.4 Å². The Labute approximate surface area is 279 Å². The van der Waals surface area contributed by atoms with Gasteiger partial charge in [-0.15, -0.1) is 0 Å². The zero-order valence-electron chi connectivity index (χ0n) is 29.7. The van der Waals surface area contributed by atoms with Crippen LogP contribution in [0.15, 0.2) is 22.4 Å². The third-order valence-corrected chi connectivity index (χ3v) is 9.89. The molecule has 0 spiro atoms. The minimum absolute atomic E-state index is 0.0324. The van der Waals surface area contributed by atoms with Crippen molar-refractivity contribution in [1.29, 1.82) is 0 Å². The Kier molecular flexibility index (Phi) is 17.5. The van der Waals surface area contributed by atoms with E-state index in [4.69, 9.17) is 15.0 Å². The summed E-state index contributed by atoms with van der Waals surface area (Å²) < 4.78 is 0. The molecule has 1 aromatic carbocycles. The van der Waals surface area contributed by atoms with E-state index in [0.29, 0.717) is 5.75 Å². The van der Waals surface area contributed by atoms with Gasteiger partial charge in [0, 0.05) is 28.3 Å². The molecule has 1 aromatic heterocycles. The molecule has 5 nitrogen and oxygen atoms in total. The molecule has 250 valence electrons. The fourth-order valence-electron chi connectivity index (χ4n) is 5.35. The minimum atomic E-state index is -0.185. The molecule has 1 atom stereocenters. The van der Waals surface area contributed by atoms with Crippen molar-refractivity contribution in [3.8, 4) is 5.75 Å². The summed E-state index contributed by atoms with van der Waals surface area (Å²) in [7, 11) is 0. The fraction of sp³-hybridized carbons (Fsp3) is 0.757. The number of phenolic OH excluding ortho intramolecular Hbond substituents is 1. The van der Waals surface area contributed by atoms with Crippen LogP contribution in [-0.2, 0) is 10.8 Å². The molecule has 2 aromatic rings. The summed E-state index contributed by atoms with van der Waals surface area (Å²) >= 11 is 3.57. The quantitative estimate of drug-likeness (QED) is 0.0796. The van der Waals surface area contributed by atoms with E-state index >= 15 is 0 Å². The molecule has 2 N–H and O–H groups in total. The van der Waals surface area contributed by atoms with Crippen molar-refractivity contribution < 1.29 is 5.11 Å². The van der Waals surface area contributed by atoms with Crippen LogP contribution in [0.4, 0.5) is 5.69 Å². The highest BCUT2D eigenvalue weighted by Gasteiger charge is 2.27. The highest BCUT2D eigenvalue weighted by Crippen LogP contribution is 2.42. The highest BCUT2D eigenvalue weighted by atomic mass is 32.2. The Morgan fingerprint density at radius 2 is 1.07 bits per heavy atom. The molecule has 0 radical (unpaired) electrons. The van der Waals surface area contributed by atoms with Crippen molar-refractivity contribution in [2.75, 3.05) is 16.8 Å². The molecule has 0 saturated carbocycles. The van der Waals surface area contributed by atoms with Gasteiger partial charge >= 0.3 is 0 Å². The second-order valence-corrected chi connectivity index (χ2v) is 16.5. The third kappa shape index (κ3) is 13.9. The number of aromatic hydroxyl groups is 1. The summed E-state index contributed by atoms with van der Waals surface area (Å²) in [5, 5.41) is 16.8. The number of hydrogen-bond donors (Lipinski definition) is 2. The van der Waals surface area contributed by atoms with E-state index in [9.17, 15) is 5.11 Å². The van der Waals surface area contributed by atoms with Crippen molar-refractivity contribution in [2.45, 2.75) is 179 Å². The van der Waals surface area contributed by atoms with Crippen LogP contribution < -0.4 is 5.32 Å². The highest BCUT2D eigenvalue weighted by molar-refractivity contribution is 7.99. The smallest absolute Gasteiger partial charge is 0.191 e. The zero-order chi connectivity index (χ0) is 32.6. The van der Waals surface area contributed by atoms with E-state index in [-0.39, 0.29) is 16.9 Å². The molecule has 7 heteroatoms. The lowest BCUT2D eigenvalue weighted by molar-refractivity contribution is 0.423. The number of phenols is 1. The molecular weight excluding hydrogens is 581 g/mol. The maximum atomic E-state index is 11.3. The van der Waals surface area contributed by atoms with Gasteiger partial charge in [-0.3, -0.25) is 0 Å². The van der Waals surface area contributed by atoms with Crippen LogP contribution in [0.5, 0.6) is 5.75 Å². The van der Waals surface area contributed by atoms with Gasteiger partial charge in [0.05, 0.1) is 6.04 Å². The van der Waals surface area contributed by atoms with Crippen LogP contribution in [0.25, 0.3) is 0 Å². The number of thioether (sulfide) groups is 2. The lowest BCUT2D eigenvalue weighted by Gasteiger charge is -2.29. The van der Waals surface area contributed by atoms with Gasteiger partial charge in [0.1, 0.15) is 5.75 Å². The zero-order valence-corrected chi connectivity index (χ0v) is 31.3. The van der Waals surface area contributed by atoms with E-state index in [0.717, 1.165) is 57.3 Å². The summed E-state index contributed by atoms with van der Waals surface area (Å²) in [5.41, 5.74) is 2.57. The predicted octanol–water partition coefficient (Wildman–Crippen LogP) is 12.0. The first kappa shape index (κ1) is 38.7. The first-order chi connectivity index (χ1) is 20.9. The molecule has 44 heavy (non-hydrogen) atoms. The van der Waals surface area contributed by atoms with Gasteiger partial charge in [-0.2, -0.15) is 4.98 Å². The van der Waals surface area contributed by atoms with E-state index in [1.54, 1.807) is 23.5 Å². The average molecular weight is 645 g/mol. The number of unbranched alkanes of at least 4 members (excludes halogenated alkanes) is 10. The summed E-state index contributed by atoms with van der Waals surface area (Å²) in [5.74, 6) is 3.33. The molecule has 0 saturated heterocycles. The lowest BCUT2D eigenvalue weighted by Crippen LogP contribution is -2.20.